The first-order valence-corrected chi connectivity index (χ1v) is 15.0. The van der Waals surface area contributed by atoms with E-state index in [0.29, 0.717) is 32.2 Å². The highest BCUT2D eigenvalue weighted by atomic mass is 32.1. The Hall–Kier alpha value is -4.91. The maximum absolute atomic E-state index is 15.1. The molecule has 2 aromatic heterocycles. The quantitative estimate of drug-likeness (QED) is 0.223. The van der Waals surface area contributed by atoms with E-state index >= 15 is 4.39 Å². The molecule has 5 aromatic rings. The van der Waals surface area contributed by atoms with Gasteiger partial charge in [-0.15, -0.1) is 11.3 Å². The van der Waals surface area contributed by atoms with Gasteiger partial charge in [-0.25, -0.2) is 24.1 Å². The molecule has 10 nitrogen and oxygen atoms in total. The number of carbonyl (C=O) groups excluding carboxylic acids is 2. The van der Waals surface area contributed by atoms with Crippen LogP contribution in [0.1, 0.15) is 15.2 Å². The number of hydrogen-bond donors (Lipinski definition) is 2. The molecule has 44 heavy (non-hydrogen) atoms. The summed E-state index contributed by atoms with van der Waals surface area (Å²) in [5.74, 6) is -0.248. The van der Waals surface area contributed by atoms with Gasteiger partial charge in [-0.1, -0.05) is 30.3 Å². The van der Waals surface area contributed by atoms with Crippen molar-refractivity contribution in [3.63, 3.8) is 0 Å². The Balaban J connectivity index is 1.11. The van der Waals surface area contributed by atoms with Crippen molar-refractivity contribution in [1.82, 2.24) is 19.8 Å². The molecule has 2 aliphatic rings. The predicted molar refractivity (Wildman–Crippen MR) is 169 cm³/mol. The number of ether oxygens (including phenoxy) is 1. The minimum Gasteiger partial charge on any atom is -0.454 e. The van der Waals surface area contributed by atoms with Crippen molar-refractivity contribution < 1.29 is 18.7 Å². The van der Waals surface area contributed by atoms with Crippen LogP contribution in [-0.4, -0.2) is 64.9 Å². The monoisotopic (exact) mass is 609 g/mol. The van der Waals surface area contributed by atoms with Crippen LogP contribution in [0, 0.1) is 5.82 Å². The van der Waals surface area contributed by atoms with E-state index in [4.69, 9.17) is 4.74 Å². The molecule has 0 bridgehead atoms. The normalized spacial score (nSPS) is 15.3. The van der Waals surface area contributed by atoms with Crippen molar-refractivity contribution in [2.75, 3.05) is 48.8 Å². The van der Waals surface area contributed by atoms with Gasteiger partial charge in [-0.3, -0.25) is 9.69 Å². The molecule has 7 rings (SSSR count). The molecule has 0 saturated carbocycles. The first-order chi connectivity index (χ1) is 21.4. The molecule has 3 aromatic carbocycles. The van der Waals surface area contributed by atoms with Gasteiger partial charge in [0.05, 0.1) is 16.8 Å². The van der Waals surface area contributed by atoms with Gasteiger partial charge in [0.25, 0.3) is 5.91 Å². The number of aromatic nitrogens is 2. The van der Waals surface area contributed by atoms with Gasteiger partial charge in [0.1, 0.15) is 21.8 Å². The standard InChI is InChI=1S/C32H28FN7O3S/c1-38-13-15-39(16-14-38)18-20-7-9-21(10-8-20)36-30(41)28-27-26-29(34-19-35-31(26)44-28)40(32(42)37-27)22-11-12-25(24(33)17-22)43-23-5-3-2-4-6-23/h2-12,17,19H,13-16,18H2,1H3,(H,36,41)(H,37,42). The van der Waals surface area contributed by atoms with Gasteiger partial charge < -0.3 is 20.3 Å². The van der Waals surface area contributed by atoms with E-state index in [1.807, 2.05) is 30.3 Å². The smallest absolute Gasteiger partial charge is 0.332 e. The van der Waals surface area contributed by atoms with Crippen molar-refractivity contribution in [3.8, 4) is 11.5 Å². The number of amides is 3. The van der Waals surface area contributed by atoms with E-state index in [-0.39, 0.29) is 23.2 Å². The third kappa shape index (κ3) is 5.46. The third-order valence-corrected chi connectivity index (χ3v) is 8.78. The average molecular weight is 610 g/mol. The molecule has 2 N–H and O–H groups in total. The number of likely N-dealkylation sites (N-methyl/N-ethyl adjacent to an activating group) is 1. The van der Waals surface area contributed by atoms with Gasteiger partial charge in [0.15, 0.2) is 17.4 Å². The van der Waals surface area contributed by atoms with Crippen molar-refractivity contribution >= 4 is 56.4 Å². The first kappa shape index (κ1) is 27.9. The lowest BCUT2D eigenvalue weighted by Gasteiger charge is -2.32. The van der Waals surface area contributed by atoms with E-state index in [2.05, 4.69) is 37.4 Å². The zero-order valence-electron chi connectivity index (χ0n) is 23.8. The molecule has 1 fully saturated rings. The molecule has 222 valence electrons. The van der Waals surface area contributed by atoms with Gasteiger partial charge >= 0.3 is 6.03 Å². The molecule has 0 spiro atoms. The Morgan fingerprint density at radius 3 is 2.55 bits per heavy atom. The Bertz CT molecular complexity index is 1860. The lowest BCUT2D eigenvalue weighted by Crippen LogP contribution is -2.43. The zero-order chi connectivity index (χ0) is 30.2. The van der Waals surface area contributed by atoms with Gasteiger partial charge in [-0.05, 0) is 49.0 Å². The van der Waals surface area contributed by atoms with Crippen LogP contribution in [0.2, 0.25) is 0 Å². The second kappa shape index (κ2) is 11.6. The highest BCUT2D eigenvalue weighted by molar-refractivity contribution is 7.21. The summed E-state index contributed by atoms with van der Waals surface area (Å²) < 4.78 is 20.8. The maximum Gasteiger partial charge on any atom is 0.332 e. The number of thiophene rings is 1. The van der Waals surface area contributed by atoms with E-state index in [9.17, 15) is 9.59 Å². The molecule has 0 radical (unpaired) electrons. The Labute approximate surface area is 256 Å². The molecular formula is C32H28FN7O3S. The van der Waals surface area contributed by atoms with Crippen molar-refractivity contribution in [2.45, 2.75) is 6.54 Å². The van der Waals surface area contributed by atoms with Crippen molar-refractivity contribution in [3.05, 3.63) is 95.4 Å². The lowest BCUT2D eigenvalue weighted by atomic mass is 10.1. The molecule has 4 heterocycles. The lowest BCUT2D eigenvalue weighted by molar-refractivity contribution is 0.103. The Morgan fingerprint density at radius 2 is 1.80 bits per heavy atom. The fourth-order valence-electron chi connectivity index (χ4n) is 5.34. The van der Waals surface area contributed by atoms with E-state index in [1.165, 1.54) is 28.9 Å². The maximum atomic E-state index is 15.1. The number of benzene rings is 3. The van der Waals surface area contributed by atoms with Gasteiger partial charge in [0.2, 0.25) is 0 Å². The van der Waals surface area contributed by atoms with Crippen LogP contribution in [0.25, 0.3) is 10.2 Å². The number of nitrogens with one attached hydrogen (secondary N) is 2. The van der Waals surface area contributed by atoms with E-state index in [0.717, 1.165) is 44.1 Å². The number of halogens is 1. The fourth-order valence-corrected chi connectivity index (χ4v) is 6.33. The van der Waals surface area contributed by atoms with Crippen LogP contribution in [0.5, 0.6) is 11.5 Å². The second-order valence-corrected chi connectivity index (χ2v) is 11.7. The van der Waals surface area contributed by atoms with Crippen LogP contribution < -0.4 is 20.3 Å². The number of carbonyl (C=O) groups is 2. The minimum absolute atomic E-state index is 0.0211. The van der Waals surface area contributed by atoms with Crippen LogP contribution in [-0.2, 0) is 6.54 Å². The molecule has 0 atom stereocenters. The largest absolute Gasteiger partial charge is 0.454 e. The second-order valence-electron chi connectivity index (χ2n) is 10.7. The predicted octanol–water partition coefficient (Wildman–Crippen LogP) is 6.31. The zero-order valence-corrected chi connectivity index (χ0v) is 24.6. The summed E-state index contributed by atoms with van der Waals surface area (Å²) in [7, 11) is 2.14. The minimum atomic E-state index is -0.643. The van der Waals surface area contributed by atoms with Crippen LogP contribution in [0.3, 0.4) is 0 Å². The molecular weight excluding hydrogens is 581 g/mol. The highest BCUT2D eigenvalue weighted by Crippen LogP contribution is 2.45. The fraction of sp³-hybridized carbons (Fsp3) is 0.188. The topological polar surface area (TPSA) is 103 Å². The number of piperazine rings is 1. The summed E-state index contributed by atoms with van der Waals surface area (Å²) in [5, 5.41) is 6.26. The molecule has 0 unspecified atom stereocenters. The number of para-hydroxylation sites is 1. The molecule has 2 aliphatic heterocycles. The summed E-state index contributed by atoms with van der Waals surface area (Å²) >= 11 is 1.15. The highest BCUT2D eigenvalue weighted by Gasteiger charge is 2.34. The van der Waals surface area contributed by atoms with E-state index in [1.54, 1.807) is 30.3 Å². The van der Waals surface area contributed by atoms with Crippen LogP contribution in [0.15, 0.2) is 79.1 Å². The number of nitrogens with zero attached hydrogens (tertiary/aromatic N) is 5. The van der Waals surface area contributed by atoms with Crippen molar-refractivity contribution in [1.29, 1.82) is 0 Å². The summed E-state index contributed by atoms with van der Waals surface area (Å²) in [6, 6.07) is 20.3. The Morgan fingerprint density at radius 1 is 1.02 bits per heavy atom. The van der Waals surface area contributed by atoms with Gasteiger partial charge in [-0.2, -0.15) is 0 Å². The molecule has 1 saturated heterocycles. The SMILES string of the molecule is CN1CCN(Cc2ccc(NC(=O)c3sc4ncnc5c4c3NC(=O)N5c3ccc(Oc4ccccc4)c(F)c3)cc2)CC1. The summed E-state index contributed by atoms with van der Waals surface area (Å²) in [6.07, 6.45) is 1.33. The Kier molecular flexibility index (Phi) is 7.38. The molecule has 12 heteroatoms. The third-order valence-electron chi connectivity index (χ3n) is 7.68. The number of anilines is 4. The molecule has 3 amide bonds. The number of urea groups is 1. The average Bonchev–Trinajstić information content (AvgIpc) is 3.40. The van der Waals surface area contributed by atoms with E-state index < -0.39 is 11.8 Å². The summed E-state index contributed by atoms with van der Waals surface area (Å²) in [6.45, 7) is 5.03. The number of rotatable bonds is 7. The van der Waals surface area contributed by atoms with Crippen LogP contribution >= 0.6 is 11.3 Å². The van der Waals surface area contributed by atoms with Gasteiger partial charge in [0, 0.05) is 44.5 Å². The first-order valence-electron chi connectivity index (χ1n) is 14.2. The van der Waals surface area contributed by atoms with Crippen molar-refractivity contribution in [2.24, 2.45) is 0 Å². The summed E-state index contributed by atoms with van der Waals surface area (Å²) in [5.41, 5.74) is 2.40. The number of hydrogen-bond acceptors (Lipinski definition) is 8. The molecule has 0 aliphatic carbocycles. The summed E-state index contributed by atoms with van der Waals surface area (Å²) in [4.78, 5) is 42.4. The van der Waals surface area contributed by atoms with Crippen LogP contribution in [0.4, 0.5) is 32.1 Å².